The first-order valence-electron chi connectivity index (χ1n) is 4.47. The Morgan fingerprint density at radius 2 is 2.00 bits per heavy atom. The lowest BCUT2D eigenvalue weighted by molar-refractivity contribution is 0.112. The van der Waals surface area contributed by atoms with Crippen molar-refractivity contribution in [3.05, 3.63) is 40.4 Å². The van der Waals surface area contributed by atoms with Gasteiger partial charge in [-0.15, -0.1) is 0 Å². The van der Waals surface area contributed by atoms with Crippen LogP contribution in [-0.2, 0) is 0 Å². The third-order valence-electron chi connectivity index (χ3n) is 2.28. The summed E-state index contributed by atoms with van der Waals surface area (Å²) in [6, 6.07) is 9.60. The van der Waals surface area contributed by atoms with Crippen LogP contribution in [0.5, 0.6) is 5.75 Å². The van der Waals surface area contributed by atoms with Crippen LogP contribution >= 0.6 is 15.9 Å². The minimum Gasteiger partial charge on any atom is -0.496 e. The molecule has 3 heteroatoms. The fourth-order valence-electron chi connectivity index (χ4n) is 1.53. The van der Waals surface area contributed by atoms with Gasteiger partial charge < -0.3 is 4.74 Å². The number of fused-ring (bicyclic) bond motifs is 1. The second kappa shape index (κ2) is 4.03. The predicted octanol–water partition coefficient (Wildman–Crippen LogP) is 3.42. The van der Waals surface area contributed by atoms with Crippen molar-refractivity contribution in [3.63, 3.8) is 0 Å². The summed E-state index contributed by atoms with van der Waals surface area (Å²) in [7, 11) is 1.56. The van der Waals surface area contributed by atoms with E-state index in [4.69, 9.17) is 4.74 Å². The first-order valence-corrected chi connectivity index (χ1v) is 5.26. The summed E-state index contributed by atoms with van der Waals surface area (Å²) in [6.07, 6.45) is 0.806. The lowest BCUT2D eigenvalue weighted by atomic mass is 10.1. The van der Waals surface area contributed by atoms with Crippen LogP contribution in [0, 0.1) is 0 Å². The average molecular weight is 265 g/mol. The molecule has 76 valence electrons. The van der Waals surface area contributed by atoms with Crippen LogP contribution < -0.4 is 4.74 Å². The van der Waals surface area contributed by atoms with E-state index in [0.717, 1.165) is 21.5 Å². The lowest BCUT2D eigenvalue weighted by Gasteiger charge is -2.06. The Hall–Kier alpha value is -1.35. The van der Waals surface area contributed by atoms with E-state index >= 15 is 0 Å². The van der Waals surface area contributed by atoms with Gasteiger partial charge in [0.15, 0.2) is 6.29 Å². The molecule has 0 amide bonds. The zero-order valence-corrected chi connectivity index (χ0v) is 9.74. The van der Waals surface area contributed by atoms with Crippen LogP contribution in [-0.4, -0.2) is 13.4 Å². The van der Waals surface area contributed by atoms with E-state index in [1.165, 1.54) is 0 Å². The summed E-state index contributed by atoms with van der Waals surface area (Å²) in [5.41, 5.74) is 0.576. The van der Waals surface area contributed by atoms with Crippen LogP contribution in [0.4, 0.5) is 0 Å². The number of hydrogen-bond donors (Lipinski definition) is 0. The highest BCUT2D eigenvalue weighted by molar-refractivity contribution is 9.10. The van der Waals surface area contributed by atoms with Gasteiger partial charge in [-0.3, -0.25) is 4.79 Å². The number of hydrogen-bond acceptors (Lipinski definition) is 2. The number of carbonyl (C=O) groups excluding carboxylic acids is 1. The molecule has 0 N–H and O–H groups in total. The number of methoxy groups -OCH3 is 1. The van der Waals surface area contributed by atoms with Crippen molar-refractivity contribution in [2.75, 3.05) is 7.11 Å². The van der Waals surface area contributed by atoms with Crippen LogP contribution in [0.2, 0.25) is 0 Å². The van der Waals surface area contributed by atoms with Gasteiger partial charge in [-0.1, -0.05) is 22.0 Å². The maximum atomic E-state index is 10.8. The van der Waals surface area contributed by atoms with Gasteiger partial charge in [-0.25, -0.2) is 0 Å². The van der Waals surface area contributed by atoms with E-state index in [1.807, 2.05) is 30.3 Å². The van der Waals surface area contributed by atoms with Crippen LogP contribution in [0.3, 0.4) is 0 Å². The molecule has 0 fully saturated rings. The van der Waals surface area contributed by atoms with Crippen molar-refractivity contribution in [2.45, 2.75) is 0 Å². The van der Waals surface area contributed by atoms with Gasteiger partial charge in [0.25, 0.3) is 0 Å². The molecule has 0 spiro atoms. The van der Waals surface area contributed by atoms with Crippen molar-refractivity contribution in [2.24, 2.45) is 0 Å². The first kappa shape index (κ1) is 10.2. The molecule has 0 saturated heterocycles. The molecular weight excluding hydrogens is 256 g/mol. The number of rotatable bonds is 2. The Labute approximate surface area is 96.0 Å². The van der Waals surface area contributed by atoms with Gasteiger partial charge in [0.1, 0.15) is 5.75 Å². The molecule has 0 aliphatic carbocycles. The zero-order chi connectivity index (χ0) is 10.8. The van der Waals surface area contributed by atoms with E-state index in [9.17, 15) is 4.79 Å². The fourth-order valence-corrected chi connectivity index (χ4v) is 1.91. The second-order valence-electron chi connectivity index (χ2n) is 3.20. The van der Waals surface area contributed by atoms with Crippen molar-refractivity contribution in [1.29, 1.82) is 0 Å². The highest BCUT2D eigenvalue weighted by Gasteiger charge is 2.04. The molecule has 15 heavy (non-hydrogen) atoms. The normalized spacial score (nSPS) is 10.3. The molecule has 0 aliphatic rings. The molecule has 2 nitrogen and oxygen atoms in total. The smallest absolute Gasteiger partial charge is 0.153 e. The molecule has 2 aromatic carbocycles. The first-order chi connectivity index (χ1) is 7.24. The molecule has 0 heterocycles. The van der Waals surface area contributed by atoms with Crippen molar-refractivity contribution in [1.82, 2.24) is 0 Å². The number of benzene rings is 2. The molecule has 2 aromatic rings. The third kappa shape index (κ3) is 1.88. The highest BCUT2D eigenvalue weighted by Crippen LogP contribution is 2.26. The molecule has 0 aromatic heterocycles. The standard InChI is InChI=1S/C12H9BrO2/c1-15-12-6-9-5-11(13)3-2-8(9)4-10(12)7-14/h2-7H,1H3. The predicted molar refractivity (Wildman–Crippen MR) is 63.6 cm³/mol. The van der Waals surface area contributed by atoms with Gasteiger partial charge in [0.2, 0.25) is 0 Å². The monoisotopic (exact) mass is 264 g/mol. The Morgan fingerprint density at radius 3 is 2.67 bits per heavy atom. The Kier molecular flexibility index (Phi) is 2.73. The zero-order valence-electron chi connectivity index (χ0n) is 8.16. The summed E-state index contributed by atoms with van der Waals surface area (Å²) >= 11 is 3.40. The topological polar surface area (TPSA) is 26.3 Å². The maximum Gasteiger partial charge on any atom is 0.153 e. The molecule has 0 radical (unpaired) electrons. The molecule has 0 aliphatic heterocycles. The van der Waals surface area contributed by atoms with Gasteiger partial charge in [-0.2, -0.15) is 0 Å². The SMILES string of the molecule is COc1cc2cc(Br)ccc2cc1C=O. The molecule has 0 bridgehead atoms. The summed E-state index contributed by atoms with van der Waals surface area (Å²) < 4.78 is 6.15. The third-order valence-corrected chi connectivity index (χ3v) is 2.77. The van der Waals surface area contributed by atoms with Gasteiger partial charge in [-0.05, 0) is 35.0 Å². The summed E-state index contributed by atoms with van der Waals surface area (Å²) in [6.45, 7) is 0. The number of ether oxygens (including phenoxy) is 1. The Morgan fingerprint density at radius 1 is 1.20 bits per heavy atom. The molecule has 0 atom stereocenters. The second-order valence-corrected chi connectivity index (χ2v) is 4.12. The quantitative estimate of drug-likeness (QED) is 0.777. The van der Waals surface area contributed by atoms with E-state index in [0.29, 0.717) is 11.3 Å². The minimum absolute atomic E-state index is 0.576. The van der Waals surface area contributed by atoms with E-state index in [2.05, 4.69) is 15.9 Å². The fraction of sp³-hybridized carbons (Fsp3) is 0.0833. The van der Waals surface area contributed by atoms with Gasteiger partial charge >= 0.3 is 0 Å². The minimum atomic E-state index is 0.576. The van der Waals surface area contributed by atoms with Crippen LogP contribution in [0.1, 0.15) is 10.4 Å². The summed E-state index contributed by atoms with van der Waals surface area (Å²) in [5.74, 6) is 0.607. The Balaban J connectivity index is 2.75. The van der Waals surface area contributed by atoms with E-state index in [1.54, 1.807) is 7.11 Å². The average Bonchev–Trinajstić information content (AvgIpc) is 2.27. The summed E-state index contributed by atoms with van der Waals surface area (Å²) in [5, 5.41) is 2.08. The maximum absolute atomic E-state index is 10.8. The lowest BCUT2D eigenvalue weighted by Crippen LogP contribution is -1.90. The number of aldehydes is 1. The largest absolute Gasteiger partial charge is 0.496 e. The molecular formula is C12H9BrO2. The van der Waals surface area contributed by atoms with Crippen molar-refractivity contribution in [3.8, 4) is 5.75 Å². The number of halogens is 1. The molecule has 0 saturated carbocycles. The van der Waals surface area contributed by atoms with E-state index in [-0.39, 0.29) is 0 Å². The van der Waals surface area contributed by atoms with Gasteiger partial charge in [0, 0.05) is 4.47 Å². The van der Waals surface area contributed by atoms with Gasteiger partial charge in [0.05, 0.1) is 12.7 Å². The number of carbonyl (C=O) groups is 1. The highest BCUT2D eigenvalue weighted by atomic mass is 79.9. The van der Waals surface area contributed by atoms with Crippen molar-refractivity contribution < 1.29 is 9.53 Å². The van der Waals surface area contributed by atoms with Crippen LogP contribution in [0.15, 0.2) is 34.8 Å². The molecule has 0 unspecified atom stereocenters. The molecule has 2 rings (SSSR count). The van der Waals surface area contributed by atoms with E-state index < -0.39 is 0 Å². The van der Waals surface area contributed by atoms with Crippen molar-refractivity contribution >= 4 is 33.0 Å². The summed E-state index contributed by atoms with van der Waals surface area (Å²) in [4.78, 5) is 10.8. The van der Waals surface area contributed by atoms with Crippen LogP contribution in [0.25, 0.3) is 10.8 Å². The Bertz CT molecular complexity index is 520.